The molecule has 1 aromatic heterocycles. The molecule has 5 nitrogen and oxygen atoms in total. The highest BCUT2D eigenvalue weighted by Gasteiger charge is 2.25. The Hall–Kier alpha value is -2.79. The Kier molecular flexibility index (Phi) is 4.86. The van der Waals surface area contributed by atoms with Gasteiger partial charge in [-0.25, -0.2) is 4.79 Å². The Bertz CT molecular complexity index is 962. The lowest BCUT2D eigenvalue weighted by Crippen LogP contribution is -2.30. The minimum absolute atomic E-state index is 0.0146. The van der Waals surface area contributed by atoms with Gasteiger partial charge >= 0.3 is 5.97 Å². The molecule has 5 heteroatoms. The maximum absolute atomic E-state index is 11.1. The molecule has 27 heavy (non-hydrogen) atoms. The van der Waals surface area contributed by atoms with Crippen molar-refractivity contribution >= 4 is 16.9 Å². The second kappa shape index (κ2) is 7.45. The van der Waals surface area contributed by atoms with Crippen molar-refractivity contribution in [1.29, 1.82) is 0 Å². The van der Waals surface area contributed by atoms with Gasteiger partial charge < -0.3 is 14.3 Å². The van der Waals surface area contributed by atoms with Gasteiger partial charge in [-0.1, -0.05) is 18.2 Å². The molecule has 2 aromatic carbocycles. The average Bonchev–Trinajstić information content (AvgIpc) is 3.28. The summed E-state index contributed by atoms with van der Waals surface area (Å²) < 4.78 is 10.7. The minimum Gasteiger partial charge on any atom is -0.497 e. The summed E-state index contributed by atoms with van der Waals surface area (Å²) in [7, 11) is 1.70. The van der Waals surface area contributed by atoms with Crippen LogP contribution in [-0.2, 0) is 13.0 Å². The first-order valence-corrected chi connectivity index (χ1v) is 9.25. The quantitative estimate of drug-likeness (QED) is 0.704. The number of furan rings is 1. The smallest absolute Gasteiger partial charge is 0.371 e. The summed E-state index contributed by atoms with van der Waals surface area (Å²) in [6.45, 7) is 1.94. The third kappa shape index (κ3) is 3.83. The van der Waals surface area contributed by atoms with Crippen LogP contribution in [0.3, 0.4) is 0 Å². The summed E-state index contributed by atoms with van der Waals surface area (Å²) in [4.78, 5) is 13.6. The molecule has 0 bridgehead atoms. The zero-order chi connectivity index (χ0) is 18.8. The van der Waals surface area contributed by atoms with Crippen LogP contribution in [0.1, 0.15) is 34.5 Å². The van der Waals surface area contributed by atoms with E-state index in [-0.39, 0.29) is 5.76 Å². The molecule has 1 saturated heterocycles. The molecular weight excluding hydrogens is 342 g/mol. The first kappa shape index (κ1) is 17.6. The van der Waals surface area contributed by atoms with E-state index in [0.29, 0.717) is 11.6 Å². The van der Waals surface area contributed by atoms with Gasteiger partial charge in [-0.3, -0.25) is 4.90 Å². The SMILES string of the molecule is COc1cccc(CC2CCCN2Cc2ccc3oc(C(=O)O)cc3c2)c1. The number of hydrogen-bond donors (Lipinski definition) is 1. The maximum Gasteiger partial charge on any atom is 0.371 e. The number of carboxylic acid groups (broad SMARTS) is 1. The topological polar surface area (TPSA) is 62.9 Å². The number of hydrogen-bond acceptors (Lipinski definition) is 4. The van der Waals surface area contributed by atoms with Crippen molar-refractivity contribution in [2.24, 2.45) is 0 Å². The summed E-state index contributed by atoms with van der Waals surface area (Å²) in [6.07, 6.45) is 3.40. The van der Waals surface area contributed by atoms with Crippen molar-refractivity contribution in [3.8, 4) is 5.75 Å². The molecule has 0 spiro atoms. The zero-order valence-corrected chi connectivity index (χ0v) is 15.4. The Morgan fingerprint density at radius 2 is 2.11 bits per heavy atom. The zero-order valence-electron chi connectivity index (χ0n) is 15.4. The van der Waals surface area contributed by atoms with Crippen LogP contribution in [0.25, 0.3) is 11.0 Å². The molecule has 0 radical (unpaired) electrons. The van der Waals surface area contributed by atoms with E-state index in [4.69, 9.17) is 14.3 Å². The summed E-state index contributed by atoms with van der Waals surface area (Å²) >= 11 is 0. The molecule has 1 fully saturated rings. The predicted molar refractivity (Wildman–Crippen MR) is 103 cm³/mol. The van der Waals surface area contributed by atoms with Gasteiger partial charge in [0.25, 0.3) is 0 Å². The van der Waals surface area contributed by atoms with E-state index in [1.54, 1.807) is 13.2 Å². The standard InChI is InChI=1S/C22H23NO4/c1-26-19-6-2-4-15(12-19)11-18-5-3-9-23(18)14-16-7-8-20-17(10-16)13-21(27-20)22(24)25/h2,4,6-8,10,12-13,18H,3,5,9,11,14H2,1H3,(H,24,25). The fourth-order valence-corrected chi connectivity index (χ4v) is 3.94. The monoisotopic (exact) mass is 365 g/mol. The van der Waals surface area contributed by atoms with Gasteiger partial charge in [0.05, 0.1) is 7.11 Å². The van der Waals surface area contributed by atoms with Crippen LogP contribution >= 0.6 is 0 Å². The molecule has 1 atom stereocenters. The van der Waals surface area contributed by atoms with Crippen molar-refractivity contribution in [3.05, 3.63) is 65.4 Å². The lowest BCUT2D eigenvalue weighted by molar-refractivity contribution is 0.0665. The van der Waals surface area contributed by atoms with Gasteiger partial charge in [-0.15, -0.1) is 0 Å². The molecule has 1 N–H and O–H groups in total. The molecule has 0 saturated carbocycles. The van der Waals surface area contributed by atoms with E-state index in [2.05, 4.69) is 17.0 Å². The van der Waals surface area contributed by atoms with Gasteiger partial charge in [0.2, 0.25) is 5.76 Å². The number of benzene rings is 2. The Morgan fingerprint density at radius 3 is 2.93 bits per heavy atom. The predicted octanol–water partition coefficient (Wildman–Crippen LogP) is 4.35. The van der Waals surface area contributed by atoms with Crippen molar-refractivity contribution in [3.63, 3.8) is 0 Å². The first-order valence-electron chi connectivity index (χ1n) is 9.25. The van der Waals surface area contributed by atoms with Crippen molar-refractivity contribution in [1.82, 2.24) is 4.90 Å². The summed E-state index contributed by atoms with van der Waals surface area (Å²) in [5.41, 5.74) is 3.09. The van der Waals surface area contributed by atoms with Gasteiger partial charge in [-0.05, 0) is 67.3 Å². The Morgan fingerprint density at radius 1 is 1.22 bits per heavy atom. The highest BCUT2D eigenvalue weighted by atomic mass is 16.5. The Balaban J connectivity index is 1.49. The van der Waals surface area contributed by atoms with Crippen LogP contribution in [0, 0.1) is 0 Å². The third-order valence-electron chi connectivity index (χ3n) is 5.28. The molecule has 3 aromatic rings. The Labute approximate surface area is 158 Å². The van der Waals surface area contributed by atoms with Crippen molar-refractivity contribution in [2.45, 2.75) is 31.8 Å². The summed E-state index contributed by atoms with van der Waals surface area (Å²) in [6, 6.07) is 16.3. The van der Waals surface area contributed by atoms with Gasteiger partial charge in [-0.2, -0.15) is 0 Å². The molecule has 1 aliphatic heterocycles. The molecular formula is C22H23NO4. The lowest BCUT2D eigenvalue weighted by atomic mass is 10.0. The number of carbonyl (C=O) groups is 1. The fraction of sp³-hybridized carbons (Fsp3) is 0.318. The molecule has 2 heterocycles. The molecule has 4 rings (SSSR count). The first-order chi connectivity index (χ1) is 13.1. The van der Waals surface area contributed by atoms with E-state index in [9.17, 15) is 4.79 Å². The number of aromatic carboxylic acids is 1. The number of ether oxygens (including phenoxy) is 1. The average molecular weight is 365 g/mol. The van der Waals surface area contributed by atoms with E-state index in [0.717, 1.165) is 30.6 Å². The minimum atomic E-state index is -1.04. The van der Waals surface area contributed by atoms with Crippen LogP contribution < -0.4 is 4.74 Å². The number of methoxy groups -OCH3 is 1. The number of nitrogens with zero attached hydrogens (tertiary/aromatic N) is 1. The van der Waals surface area contributed by atoms with E-state index in [1.165, 1.54) is 24.0 Å². The van der Waals surface area contributed by atoms with Gasteiger partial charge in [0.1, 0.15) is 11.3 Å². The number of likely N-dealkylation sites (tertiary alicyclic amines) is 1. The lowest BCUT2D eigenvalue weighted by Gasteiger charge is -2.25. The number of carboxylic acids is 1. The van der Waals surface area contributed by atoms with Crippen LogP contribution in [0.4, 0.5) is 0 Å². The number of rotatable bonds is 6. The van der Waals surface area contributed by atoms with E-state index >= 15 is 0 Å². The fourth-order valence-electron chi connectivity index (χ4n) is 3.94. The van der Waals surface area contributed by atoms with Crippen LogP contribution in [0.5, 0.6) is 5.75 Å². The molecule has 0 aliphatic carbocycles. The van der Waals surface area contributed by atoms with Crippen LogP contribution in [0.2, 0.25) is 0 Å². The van der Waals surface area contributed by atoms with E-state index in [1.807, 2.05) is 30.3 Å². The van der Waals surface area contributed by atoms with E-state index < -0.39 is 5.97 Å². The molecule has 140 valence electrons. The molecule has 0 amide bonds. The molecule has 1 unspecified atom stereocenters. The van der Waals surface area contributed by atoms with Gasteiger partial charge in [0, 0.05) is 18.0 Å². The van der Waals surface area contributed by atoms with Crippen molar-refractivity contribution < 1.29 is 19.1 Å². The van der Waals surface area contributed by atoms with Crippen LogP contribution in [-0.4, -0.2) is 35.7 Å². The highest BCUT2D eigenvalue weighted by Crippen LogP contribution is 2.27. The summed E-state index contributed by atoms with van der Waals surface area (Å²) in [5, 5.41) is 9.93. The second-order valence-electron chi connectivity index (χ2n) is 7.11. The maximum atomic E-state index is 11.1. The normalized spacial score (nSPS) is 17.4. The highest BCUT2D eigenvalue weighted by molar-refractivity contribution is 5.91. The number of fused-ring (bicyclic) bond motifs is 1. The van der Waals surface area contributed by atoms with Crippen molar-refractivity contribution in [2.75, 3.05) is 13.7 Å². The molecule has 1 aliphatic rings. The summed E-state index contributed by atoms with van der Waals surface area (Å²) in [5.74, 6) is -0.151. The van der Waals surface area contributed by atoms with Crippen LogP contribution in [0.15, 0.2) is 52.9 Å². The largest absolute Gasteiger partial charge is 0.497 e. The second-order valence-corrected chi connectivity index (χ2v) is 7.11. The third-order valence-corrected chi connectivity index (χ3v) is 5.28. The van der Waals surface area contributed by atoms with Gasteiger partial charge in [0.15, 0.2) is 0 Å².